The molecule has 9 heteroatoms. The number of amides is 3. The molecule has 1 fully saturated rings. The highest BCUT2D eigenvalue weighted by Gasteiger charge is 2.38. The van der Waals surface area contributed by atoms with E-state index < -0.39 is 29.8 Å². The molecule has 0 unspecified atom stereocenters. The third-order valence-corrected chi connectivity index (χ3v) is 10.6. The molecule has 0 aromatic heterocycles. The molecule has 0 bridgehead atoms. The van der Waals surface area contributed by atoms with Crippen LogP contribution in [-0.2, 0) is 16.0 Å². The first-order valence-electron chi connectivity index (χ1n) is 18.0. The Kier molecular flexibility index (Phi) is 13.0. The standard InChI is InChI=1S/C42H52N4O4S/c1-28(2)38(44-39(48)32-21-20-30-16-12-13-17-31(30)25-32)41(50)43-35(24-29-14-8-6-9-15-29)37(47)27-46-23-22-34(51-33-18-10-7-11-19-33)26-36(46)40(49)45-42(3,4)5/h6-21,25,28,34-38,47H,22-24,26-27H2,1-5H3,(H,43,50)(H,44,48)(H,45,49)/t34-,35+,36+,37-,38+/m1/s1. The fourth-order valence-corrected chi connectivity index (χ4v) is 7.81. The van der Waals surface area contributed by atoms with Crippen molar-refractivity contribution in [2.45, 2.75) is 93.8 Å². The summed E-state index contributed by atoms with van der Waals surface area (Å²) in [4.78, 5) is 44.4. The summed E-state index contributed by atoms with van der Waals surface area (Å²) >= 11 is 1.79. The van der Waals surface area contributed by atoms with E-state index in [2.05, 4.69) is 33.0 Å². The molecule has 51 heavy (non-hydrogen) atoms. The van der Waals surface area contributed by atoms with Crippen molar-refractivity contribution in [1.82, 2.24) is 20.9 Å². The minimum atomic E-state index is -0.985. The molecule has 0 spiro atoms. The molecule has 1 aliphatic rings. The number of hydrogen-bond donors (Lipinski definition) is 4. The highest BCUT2D eigenvalue weighted by Crippen LogP contribution is 2.33. The maximum Gasteiger partial charge on any atom is 0.251 e. The number of rotatable bonds is 13. The van der Waals surface area contributed by atoms with Crippen LogP contribution in [0, 0.1) is 5.92 Å². The molecular formula is C42H52N4O4S. The molecule has 0 aliphatic carbocycles. The van der Waals surface area contributed by atoms with E-state index >= 15 is 0 Å². The molecule has 5 rings (SSSR count). The van der Waals surface area contributed by atoms with Crippen molar-refractivity contribution >= 4 is 40.3 Å². The van der Waals surface area contributed by atoms with E-state index in [1.165, 1.54) is 4.90 Å². The monoisotopic (exact) mass is 708 g/mol. The summed E-state index contributed by atoms with van der Waals surface area (Å²) in [6, 6.07) is 31.4. The number of β-amino-alcohol motifs (C(OH)–C–C–N with tert-alkyl or cyclic N) is 1. The molecule has 0 saturated carbocycles. The summed E-state index contributed by atoms with van der Waals surface area (Å²) < 4.78 is 0. The van der Waals surface area contributed by atoms with Gasteiger partial charge in [0.15, 0.2) is 0 Å². The Morgan fingerprint density at radius 3 is 2.18 bits per heavy atom. The lowest BCUT2D eigenvalue weighted by Gasteiger charge is -2.41. The van der Waals surface area contributed by atoms with E-state index in [4.69, 9.17) is 0 Å². The zero-order valence-electron chi connectivity index (χ0n) is 30.3. The van der Waals surface area contributed by atoms with E-state index in [9.17, 15) is 19.5 Å². The molecule has 4 aromatic carbocycles. The van der Waals surface area contributed by atoms with Gasteiger partial charge in [0.25, 0.3) is 5.91 Å². The Balaban J connectivity index is 1.33. The van der Waals surface area contributed by atoms with Crippen LogP contribution in [0.2, 0.25) is 0 Å². The Labute approximate surface area is 306 Å². The number of benzene rings is 4. The van der Waals surface area contributed by atoms with E-state index in [0.29, 0.717) is 24.9 Å². The predicted octanol–water partition coefficient (Wildman–Crippen LogP) is 6.22. The molecular weight excluding hydrogens is 657 g/mol. The lowest BCUT2D eigenvalue weighted by Crippen LogP contribution is -2.60. The van der Waals surface area contributed by atoms with Gasteiger partial charge >= 0.3 is 0 Å². The van der Waals surface area contributed by atoms with E-state index in [0.717, 1.165) is 22.8 Å². The van der Waals surface area contributed by atoms with Gasteiger partial charge < -0.3 is 21.1 Å². The van der Waals surface area contributed by atoms with Crippen LogP contribution in [-0.4, -0.2) is 75.8 Å². The Hall–Kier alpha value is -4.18. The van der Waals surface area contributed by atoms with Gasteiger partial charge in [-0.3, -0.25) is 19.3 Å². The van der Waals surface area contributed by atoms with Crippen LogP contribution in [0.1, 0.15) is 63.4 Å². The van der Waals surface area contributed by atoms with Gasteiger partial charge in [0.2, 0.25) is 11.8 Å². The van der Waals surface area contributed by atoms with Crippen LogP contribution < -0.4 is 16.0 Å². The summed E-state index contributed by atoms with van der Waals surface area (Å²) in [5.41, 5.74) is 1.03. The predicted molar refractivity (Wildman–Crippen MR) is 207 cm³/mol. The minimum absolute atomic E-state index is 0.0621. The second-order valence-corrected chi connectivity index (χ2v) is 16.3. The van der Waals surface area contributed by atoms with E-state index in [1.54, 1.807) is 17.8 Å². The van der Waals surface area contributed by atoms with Crippen LogP contribution in [0.3, 0.4) is 0 Å². The number of likely N-dealkylation sites (tertiary alicyclic amines) is 1. The molecule has 1 saturated heterocycles. The molecule has 8 nitrogen and oxygen atoms in total. The van der Waals surface area contributed by atoms with Crippen molar-refractivity contribution in [3.8, 4) is 0 Å². The van der Waals surface area contributed by atoms with Crippen molar-refractivity contribution in [3.63, 3.8) is 0 Å². The molecule has 5 atom stereocenters. The number of aliphatic hydroxyl groups excluding tert-OH is 1. The second kappa shape index (κ2) is 17.4. The summed E-state index contributed by atoms with van der Waals surface area (Å²) in [7, 11) is 0. The lowest BCUT2D eigenvalue weighted by atomic mass is 9.95. The zero-order valence-corrected chi connectivity index (χ0v) is 31.2. The number of carbonyl (C=O) groups excluding carboxylic acids is 3. The SMILES string of the molecule is CC(C)[C@H](NC(=O)c1ccc2ccccc2c1)C(=O)N[C@@H](Cc1ccccc1)[C@H](O)CN1CC[C@@H](Sc2ccccc2)C[C@H]1C(=O)NC(C)(C)C. The van der Waals surface area contributed by atoms with Gasteiger partial charge in [-0.1, -0.05) is 92.7 Å². The Morgan fingerprint density at radius 1 is 0.863 bits per heavy atom. The minimum Gasteiger partial charge on any atom is -0.390 e. The molecule has 1 heterocycles. The number of fused-ring (bicyclic) bond motifs is 1. The van der Waals surface area contributed by atoms with Gasteiger partial charge in [0, 0.05) is 34.3 Å². The molecule has 0 radical (unpaired) electrons. The Bertz CT molecular complexity index is 1760. The highest BCUT2D eigenvalue weighted by molar-refractivity contribution is 8.00. The van der Waals surface area contributed by atoms with Crippen molar-refractivity contribution in [3.05, 3.63) is 114 Å². The van der Waals surface area contributed by atoms with Crippen LogP contribution in [0.25, 0.3) is 10.8 Å². The fraction of sp³-hybridized carbons (Fsp3) is 0.405. The number of hydrogen-bond acceptors (Lipinski definition) is 6. The van der Waals surface area contributed by atoms with Gasteiger partial charge in [-0.2, -0.15) is 0 Å². The van der Waals surface area contributed by atoms with Gasteiger partial charge in [-0.25, -0.2) is 0 Å². The average molecular weight is 709 g/mol. The summed E-state index contributed by atoms with van der Waals surface area (Å²) in [6.07, 6.45) is 0.898. The maximum absolute atomic E-state index is 14.0. The molecule has 3 amide bonds. The number of aliphatic hydroxyl groups is 1. The quantitative estimate of drug-likeness (QED) is 0.131. The van der Waals surface area contributed by atoms with Crippen molar-refractivity contribution in [2.75, 3.05) is 13.1 Å². The number of piperidine rings is 1. The first kappa shape index (κ1) is 38.1. The van der Waals surface area contributed by atoms with Crippen LogP contribution in [0.15, 0.2) is 108 Å². The van der Waals surface area contributed by atoms with Gasteiger partial charge in [0.05, 0.1) is 18.2 Å². The molecule has 1 aliphatic heterocycles. The average Bonchev–Trinajstić information content (AvgIpc) is 3.10. The Morgan fingerprint density at radius 2 is 1.51 bits per heavy atom. The van der Waals surface area contributed by atoms with Crippen molar-refractivity contribution in [2.24, 2.45) is 5.92 Å². The smallest absolute Gasteiger partial charge is 0.251 e. The number of nitrogens with zero attached hydrogens (tertiary/aromatic N) is 1. The number of thioether (sulfide) groups is 1. The van der Waals surface area contributed by atoms with Crippen molar-refractivity contribution in [1.29, 1.82) is 0 Å². The lowest BCUT2D eigenvalue weighted by molar-refractivity contribution is -0.130. The van der Waals surface area contributed by atoms with E-state index in [-0.39, 0.29) is 35.4 Å². The van der Waals surface area contributed by atoms with Crippen LogP contribution in [0.4, 0.5) is 0 Å². The topological polar surface area (TPSA) is 111 Å². The number of nitrogens with one attached hydrogen (secondary N) is 3. The molecule has 4 aromatic rings. The largest absolute Gasteiger partial charge is 0.390 e. The second-order valence-electron chi connectivity index (χ2n) is 15.0. The maximum atomic E-state index is 14.0. The normalized spacial score (nSPS) is 18.5. The van der Waals surface area contributed by atoms with Crippen molar-refractivity contribution < 1.29 is 19.5 Å². The summed E-state index contributed by atoms with van der Waals surface area (Å²) in [6.45, 7) is 10.5. The molecule has 270 valence electrons. The highest BCUT2D eigenvalue weighted by atomic mass is 32.2. The van der Waals surface area contributed by atoms with Gasteiger partial charge in [0.1, 0.15) is 6.04 Å². The summed E-state index contributed by atoms with van der Waals surface area (Å²) in [5.74, 6) is -0.971. The third kappa shape index (κ3) is 10.9. The first-order chi connectivity index (χ1) is 24.4. The fourth-order valence-electron chi connectivity index (χ4n) is 6.61. The summed E-state index contributed by atoms with van der Waals surface area (Å²) in [5, 5.41) is 23.4. The zero-order chi connectivity index (χ0) is 36.5. The van der Waals surface area contributed by atoms with Gasteiger partial charge in [-0.15, -0.1) is 11.8 Å². The first-order valence-corrected chi connectivity index (χ1v) is 18.8. The third-order valence-electron chi connectivity index (χ3n) is 9.27. The number of carbonyl (C=O) groups is 3. The van der Waals surface area contributed by atoms with Crippen LogP contribution >= 0.6 is 11.8 Å². The van der Waals surface area contributed by atoms with Gasteiger partial charge in [-0.05, 0) is 86.6 Å². The van der Waals surface area contributed by atoms with E-state index in [1.807, 2.05) is 120 Å². The van der Waals surface area contributed by atoms with Crippen LogP contribution in [0.5, 0.6) is 0 Å². The molecule has 4 N–H and O–H groups in total.